The lowest BCUT2D eigenvalue weighted by Gasteiger charge is -2.34. The maximum atomic E-state index is 13.4. The van der Waals surface area contributed by atoms with Crippen molar-refractivity contribution in [1.29, 1.82) is 0 Å². The number of ether oxygens (including phenoxy) is 1. The highest BCUT2D eigenvalue weighted by Crippen LogP contribution is 2.31. The minimum atomic E-state index is -0.565. The number of aryl methyl sites for hydroxylation is 2. The number of carbonyl (C=O) groups is 2. The van der Waals surface area contributed by atoms with E-state index in [2.05, 4.69) is 15.1 Å². The fourth-order valence-corrected chi connectivity index (χ4v) is 4.08. The first-order valence-corrected chi connectivity index (χ1v) is 10.5. The maximum absolute atomic E-state index is 13.4. The van der Waals surface area contributed by atoms with Gasteiger partial charge >= 0.3 is 0 Å². The zero-order chi connectivity index (χ0) is 22.8. The third kappa shape index (κ3) is 4.05. The summed E-state index contributed by atoms with van der Waals surface area (Å²) in [7, 11) is 3.44. The zero-order valence-corrected chi connectivity index (χ0v) is 18.4. The van der Waals surface area contributed by atoms with Gasteiger partial charge in [-0.2, -0.15) is 5.10 Å². The van der Waals surface area contributed by atoms with Gasteiger partial charge in [-0.05, 0) is 56.5 Å². The quantitative estimate of drug-likeness (QED) is 0.660. The number of hydrogen-bond donors (Lipinski definition) is 1. The van der Waals surface area contributed by atoms with Crippen molar-refractivity contribution in [2.45, 2.75) is 32.2 Å². The molecule has 2 aromatic heterocycles. The molecule has 166 valence electrons. The first-order valence-electron chi connectivity index (χ1n) is 10.5. The summed E-state index contributed by atoms with van der Waals surface area (Å²) in [6.45, 7) is 2.32. The highest BCUT2D eigenvalue weighted by Gasteiger charge is 2.32. The lowest BCUT2D eigenvalue weighted by atomic mass is 10.0. The van der Waals surface area contributed by atoms with E-state index in [9.17, 15) is 9.59 Å². The lowest BCUT2D eigenvalue weighted by molar-refractivity contribution is 0.0592. The summed E-state index contributed by atoms with van der Waals surface area (Å²) in [4.78, 5) is 35.6. The molecule has 1 aliphatic rings. The third-order valence-electron chi connectivity index (χ3n) is 5.81. The molecule has 1 saturated heterocycles. The van der Waals surface area contributed by atoms with Gasteiger partial charge < -0.3 is 15.4 Å². The molecule has 1 aliphatic heterocycles. The van der Waals surface area contributed by atoms with E-state index in [1.807, 2.05) is 31.3 Å². The highest BCUT2D eigenvalue weighted by atomic mass is 16.5. The number of piperidine rings is 1. The monoisotopic (exact) mass is 434 g/mol. The molecule has 0 spiro atoms. The van der Waals surface area contributed by atoms with Crippen molar-refractivity contribution < 1.29 is 14.3 Å². The predicted molar refractivity (Wildman–Crippen MR) is 118 cm³/mol. The van der Waals surface area contributed by atoms with Crippen molar-refractivity contribution in [3.05, 3.63) is 59.3 Å². The molecule has 0 unspecified atom stereocenters. The molecule has 1 atom stereocenters. The van der Waals surface area contributed by atoms with Gasteiger partial charge in [-0.3, -0.25) is 14.3 Å². The van der Waals surface area contributed by atoms with Gasteiger partial charge in [0.25, 0.3) is 11.8 Å². The molecule has 0 saturated carbocycles. The molecule has 9 nitrogen and oxygen atoms in total. The minimum Gasteiger partial charge on any atom is -0.497 e. The molecular weight excluding hydrogens is 408 g/mol. The molecule has 32 heavy (non-hydrogen) atoms. The Hall–Kier alpha value is -3.75. The Morgan fingerprint density at radius 1 is 1.19 bits per heavy atom. The van der Waals surface area contributed by atoms with Crippen LogP contribution in [-0.4, -0.2) is 50.1 Å². The summed E-state index contributed by atoms with van der Waals surface area (Å²) in [5, 5.41) is 4.48. The van der Waals surface area contributed by atoms with Crippen molar-refractivity contribution in [1.82, 2.24) is 24.6 Å². The third-order valence-corrected chi connectivity index (χ3v) is 5.81. The second-order valence-corrected chi connectivity index (χ2v) is 7.87. The molecule has 0 radical (unpaired) electrons. The Bertz CT molecular complexity index is 1160. The second kappa shape index (κ2) is 8.78. The molecule has 1 aromatic carbocycles. The van der Waals surface area contributed by atoms with Crippen molar-refractivity contribution >= 4 is 11.8 Å². The SMILES string of the molecule is COc1ccc(-c2cc(C(=O)N3CCCC[C@H]3c3ncc(C(N)=O)c(C)n3)nn2C)cc1. The Kier molecular flexibility index (Phi) is 5.89. The van der Waals surface area contributed by atoms with Crippen LogP contribution in [0, 0.1) is 6.92 Å². The number of primary amides is 1. The van der Waals surface area contributed by atoms with Gasteiger partial charge in [-0.25, -0.2) is 9.97 Å². The van der Waals surface area contributed by atoms with Crippen LogP contribution in [0.1, 0.15) is 57.7 Å². The number of nitrogens with zero attached hydrogens (tertiary/aromatic N) is 5. The highest BCUT2D eigenvalue weighted by molar-refractivity contribution is 5.94. The van der Waals surface area contributed by atoms with E-state index < -0.39 is 5.91 Å². The Morgan fingerprint density at radius 2 is 1.94 bits per heavy atom. The van der Waals surface area contributed by atoms with E-state index >= 15 is 0 Å². The van der Waals surface area contributed by atoms with Crippen molar-refractivity contribution in [3.63, 3.8) is 0 Å². The summed E-state index contributed by atoms with van der Waals surface area (Å²) in [5.41, 5.74) is 8.32. The number of methoxy groups -OCH3 is 1. The number of nitrogens with two attached hydrogens (primary N) is 1. The van der Waals surface area contributed by atoms with Gasteiger partial charge in [0, 0.05) is 25.4 Å². The topological polar surface area (TPSA) is 116 Å². The van der Waals surface area contributed by atoms with E-state index in [1.165, 1.54) is 6.20 Å². The Morgan fingerprint density at radius 3 is 2.59 bits per heavy atom. The van der Waals surface area contributed by atoms with Crippen molar-refractivity contribution in [3.8, 4) is 17.0 Å². The molecule has 3 aromatic rings. The fraction of sp³-hybridized carbons (Fsp3) is 0.348. The summed E-state index contributed by atoms with van der Waals surface area (Å²) >= 11 is 0. The smallest absolute Gasteiger partial charge is 0.274 e. The number of carbonyl (C=O) groups excluding carboxylic acids is 2. The minimum absolute atomic E-state index is 0.162. The average molecular weight is 435 g/mol. The van der Waals surface area contributed by atoms with Gasteiger partial charge in [0.2, 0.25) is 0 Å². The van der Waals surface area contributed by atoms with Crippen LogP contribution < -0.4 is 10.5 Å². The summed E-state index contributed by atoms with van der Waals surface area (Å²) in [6.07, 6.45) is 4.06. The molecule has 2 N–H and O–H groups in total. The normalized spacial score (nSPS) is 16.1. The standard InChI is InChI=1S/C23H26N6O3/c1-14-17(21(24)30)13-25-22(26-14)19-6-4-5-11-29(19)23(31)18-12-20(28(2)27-18)15-7-9-16(32-3)10-8-15/h7-10,12-13,19H,4-6,11H2,1-3H3,(H2,24,30)/t19-/m0/s1. The predicted octanol–water partition coefficient (Wildman–Crippen LogP) is 2.66. The Balaban J connectivity index is 1.62. The molecular formula is C23H26N6O3. The van der Waals surface area contributed by atoms with Gasteiger partial charge in [-0.15, -0.1) is 0 Å². The molecule has 3 heterocycles. The fourth-order valence-electron chi connectivity index (χ4n) is 4.08. The molecule has 2 amide bonds. The van der Waals surface area contributed by atoms with Crippen LogP contribution in [0.3, 0.4) is 0 Å². The van der Waals surface area contributed by atoms with Crippen molar-refractivity contribution in [2.75, 3.05) is 13.7 Å². The first-order chi connectivity index (χ1) is 15.4. The number of amides is 2. The van der Waals surface area contributed by atoms with E-state index in [-0.39, 0.29) is 17.5 Å². The molecule has 1 fully saturated rings. The van der Waals surface area contributed by atoms with E-state index in [0.717, 1.165) is 36.3 Å². The van der Waals surface area contributed by atoms with Crippen LogP contribution >= 0.6 is 0 Å². The van der Waals surface area contributed by atoms with E-state index in [4.69, 9.17) is 10.5 Å². The van der Waals surface area contributed by atoms with Gasteiger partial charge in [0.1, 0.15) is 5.75 Å². The summed E-state index contributed by atoms with van der Waals surface area (Å²) < 4.78 is 6.92. The molecule has 0 aliphatic carbocycles. The van der Waals surface area contributed by atoms with Crippen molar-refractivity contribution in [2.24, 2.45) is 12.8 Å². The zero-order valence-electron chi connectivity index (χ0n) is 18.4. The van der Waals surface area contributed by atoms with Gasteiger partial charge in [0.15, 0.2) is 11.5 Å². The largest absolute Gasteiger partial charge is 0.497 e. The molecule has 0 bridgehead atoms. The van der Waals surface area contributed by atoms with Gasteiger partial charge in [-0.1, -0.05) is 0 Å². The molecule has 9 heteroatoms. The van der Waals surface area contributed by atoms with Crippen LogP contribution in [0.4, 0.5) is 0 Å². The first kappa shape index (κ1) is 21.5. The average Bonchev–Trinajstić information content (AvgIpc) is 3.20. The number of benzene rings is 1. The number of rotatable bonds is 5. The summed E-state index contributed by atoms with van der Waals surface area (Å²) in [5.74, 6) is 0.559. The van der Waals surface area contributed by atoms with Crippen LogP contribution in [0.5, 0.6) is 5.75 Å². The number of hydrogen-bond acceptors (Lipinski definition) is 6. The number of likely N-dealkylation sites (tertiary alicyclic amines) is 1. The maximum Gasteiger partial charge on any atom is 0.274 e. The van der Waals surface area contributed by atoms with Crippen LogP contribution in [0.2, 0.25) is 0 Å². The lowest BCUT2D eigenvalue weighted by Crippen LogP contribution is -2.39. The molecule has 4 rings (SSSR count). The summed E-state index contributed by atoms with van der Waals surface area (Å²) in [6, 6.07) is 9.15. The van der Waals surface area contributed by atoms with E-state index in [0.29, 0.717) is 23.8 Å². The number of aromatic nitrogens is 4. The van der Waals surface area contributed by atoms with E-state index in [1.54, 1.807) is 29.7 Å². The Labute approximate surface area is 186 Å². The van der Waals surface area contributed by atoms with Crippen LogP contribution in [-0.2, 0) is 7.05 Å². The van der Waals surface area contributed by atoms with Gasteiger partial charge in [0.05, 0.1) is 30.1 Å². The second-order valence-electron chi connectivity index (χ2n) is 7.87. The van der Waals surface area contributed by atoms with Crippen LogP contribution in [0.25, 0.3) is 11.3 Å². The van der Waals surface area contributed by atoms with Crippen LogP contribution in [0.15, 0.2) is 36.5 Å².